The van der Waals surface area contributed by atoms with Crippen LogP contribution >= 0.6 is 0 Å². The molecule has 2 amide bonds. The zero-order valence-electron chi connectivity index (χ0n) is 18.4. The van der Waals surface area contributed by atoms with Crippen molar-refractivity contribution in [1.82, 2.24) is 15.2 Å². The minimum Gasteiger partial charge on any atom is -0.379 e. The smallest absolute Gasteiger partial charge is 0.313 e. The number of hydrogen-bond donors (Lipinski definition) is 2. The SMILES string of the molecule is Cc1ccc([C@H](CNC(=O)C(=O)Nc2cc(C)nc3ccccc23)N2CCOCC2)cc1. The summed E-state index contributed by atoms with van der Waals surface area (Å²) >= 11 is 0. The molecule has 1 atom stereocenters. The number of anilines is 1. The molecule has 166 valence electrons. The number of benzene rings is 2. The largest absolute Gasteiger partial charge is 0.379 e. The number of aromatic nitrogens is 1. The number of morpholine rings is 1. The molecule has 32 heavy (non-hydrogen) atoms. The molecular formula is C25H28N4O3. The van der Waals surface area contributed by atoms with Crippen LogP contribution in [-0.2, 0) is 14.3 Å². The number of carbonyl (C=O) groups is 2. The third-order valence-electron chi connectivity index (χ3n) is 5.70. The first-order valence-corrected chi connectivity index (χ1v) is 10.9. The van der Waals surface area contributed by atoms with Gasteiger partial charge in [-0.05, 0) is 31.5 Å². The Bertz CT molecular complexity index is 1110. The van der Waals surface area contributed by atoms with Crippen molar-refractivity contribution in [3.05, 3.63) is 71.4 Å². The topological polar surface area (TPSA) is 83.6 Å². The van der Waals surface area contributed by atoms with Gasteiger partial charge in [0.15, 0.2) is 0 Å². The van der Waals surface area contributed by atoms with E-state index in [1.807, 2.05) is 38.1 Å². The summed E-state index contributed by atoms with van der Waals surface area (Å²) in [6, 6.07) is 17.6. The molecule has 1 aliphatic heterocycles. The number of pyridine rings is 1. The second kappa shape index (κ2) is 9.89. The average Bonchev–Trinajstić information content (AvgIpc) is 2.80. The first kappa shape index (κ1) is 21.9. The van der Waals surface area contributed by atoms with E-state index in [2.05, 4.69) is 44.8 Å². The van der Waals surface area contributed by atoms with Gasteiger partial charge in [-0.2, -0.15) is 0 Å². The zero-order chi connectivity index (χ0) is 22.5. The van der Waals surface area contributed by atoms with Gasteiger partial charge in [0.25, 0.3) is 0 Å². The van der Waals surface area contributed by atoms with E-state index in [1.54, 1.807) is 6.07 Å². The maximum absolute atomic E-state index is 12.7. The average molecular weight is 433 g/mol. The molecule has 0 saturated carbocycles. The standard InChI is InChI=1S/C25H28N4O3/c1-17-7-9-19(10-8-17)23(29-11-13-32-14-12-29)16-26-24(30)25(31)28-22-15-18(2)27-21-6-4-3-5-20(21)22/h3-10,15,23H,11-14,16H2,1-2H3,(H,26,30)(H,27,28,31)/t23-/m0/s1. The van der Waals surface area contributed by atoms with Crippen molar-refractivity contribution in [3.8, 4) is 0 Å². The Morgan fingerprint density at radius 2 is 1.75 bits per heavy atom. The van der Waals surface area contributed by atoms with E-state index in [-0.39, 0.29) is 6.04 Å². The molecule has 0 unspecified atom stereocenters. The van der Waals surface area contributed by atoms with Gasteiger partial charge in [-0.25, -0.2) is 0 Å². The molecule has 0 spiro atoms. The molecule has 0 radical (unpaired) electrons. The zero-order valence-corrected chi connectivity index (χ0v) is 18.4. The second-order valence-corrected chi connectivity index (χ2v) is 8.07. The maximum atomic E-state index is 12.7. The van der Waals surface area contributed by atoms with Gasteiger partial charge in [-0.1, -0.05) is 48.0 Å². The fourth-order valence-corrected chi connectivity index (χ4v) is 4.00. The number of ether oxygens (including phenoxy) is 1. The molecule has 3 aromatic rings. The normalized spacial score (nSPS) is 15.3. The van der Waals surface area contributed by atoms with Crippen molar-refractivity contribution in [2.45, 2.75) is 19.9 Å². The van der Waals surface area contributed by atoms with E-state index in [9.17, 15) is 9.59 Å². The van der Waals surface area contributed by atoms with E-state index in [0.29, 0.717) is 25.4 Å². The van der Waals surface area contributed by atoms with E-state index in [4.69, 9.17) is 4.74 Å². The molecule has 7 heteroatoms. The number of amides is 2. The van der Waals surface area contributed by atoms with E-state index >= 15 is 0 Å². The minimum atomic E-state index is -0.689. The summed E-state index contributed by atoms with van der Waals surface area (Å²) in [6.07, 6.45) is 0. The van der Waals surface area contributed by atoms with Crippen LogP contribution in [-0.4, -0.2) is 54.5 Å². The Kier molecular flexibility index (Phi) is 6.78. The summed E-state index contributed by atoms with van der Waals surface area (Å²) < 4.78 is 5.48. The highest BCUT2D eigenvalue weighted by Crippen LogP contribution is 2.24. The molecule has 4 rings (SSSR count). The number of hydrogen-bond acceptors (Lipinski definition) is 5. The van der Waals surface area contributed by atoms with E-state index < -0.39 is 11.8 Å². The monoisotopic (exact) mass is 432 g/mol. The summed E-state index contributed by atoms with van der Waals surface area (Å²) in [6.45, 7) is 7.12. The lowest BCUT2D eigenvalue weighted by Crippen LogP contribution is -2.45. The molecule has 2 N–H and O–H groups in total. The van der Waals surface area contributed by atoms with Crippen LogP contribution < -0.4 is 10.6 Å². The van der Waals surface area contributed by atoms with E-state index in [0.717, 1.165) is 35.2 Å². The molecular weight excluding hydrogens is 404 g/mol. The summed E-state index contributed by atoms with van der Waals surface area (Å²) in [4.78, 5) is 32.1. The number of aryl methyl sites for hydroxylation is 2. The number of carbonyl (C=O) groups excluding carboxylic acids is 2. The lowest BCUT2D eigenvalue weighted by Gasteiger charge is -2.35. The molecule has 2 aromatic carbocycles. The maximum Gasteiger partial charge on any atom is 0.313 e. The van der Waals surface area contributed by atoms with Crippen LogP contribution in [0.3, 0.4) is 0 Å². The number of para-hydroxylation sites is 1. The molecule has 0 bridgehead atoms. The van der Waals surface area contributed by atoms with Gasteiger partial charge in [0.1, 0.15) is 0 Å². The van der Waals surface area contributed by atoms with Gasteiger partial charge in [0.2, 0.25) is 0 Å². The Morgan fingerprint density at radius 3 is 2.50 bits per heavy atom. The summed E-state index contributed by atoms with van der Waals surface area (Å²) in [5.74, 6) is -1.35. The van der Waals surface area contributed by atoms with Crippen LogP contribution in [0.2, 0.25) is 0 Å². The van der Waals surface area contributed by atoms with Crippen LogP contribution in [0.1, 0.15) is 22.9 Å². The van der Waals surface area contributed by atoms with Crippen molar-refractivity contribution < 1.29 is 14.3 Å². The Labute approximate surface area is 187 Å². The lowest BCUT2D eigenvalue weighted by molar-refractivity contribution is -0.136. The Hall–Kier alpha value is -3.29. The minimum absolute atomic E-state index is 0.0275. The fourth-order valence-electron chi connectivity index (χ4n) is 4.00. The number of fused-ring (bicyclic) bond motifs is 1. The second-order valence-electron chi connectivity index (χ2n) is 8.07. The van der Waals surface area contributed by atoms with Crippen molar-refractivity contribution in [1.29, 1.82) is 0 Å². The molecule has 0 aliphatic carbocycles. The first-order chi connectivity index (χ1) is 15.5. The molecule has 1 aromatic heterocycles. The van der Waals surface area contributed by atoms with Crippen LogP contribution in [0, 0.1) is 13.8 Å². The number of nitrogens with one attached hydrogen (secondary N) is 2. The molecule has 1 fully saturated rings. The Morgan fingerprint density at radius 1 is 1.03 bits per heavy atom. The third kappa shape index (κ3) is 5.12. The Balaban J connectivity index is 1.46. The predicted octanol–water partition coefficient (Wildman–Crippen LogP) is 2.98. The first-order valence-electron chi connectivity index (χ1n) is 10.9. The molecule has 7 nitrogen and oxygen atoms in total. The molecule has 2 heterocycles. The highest BCUT2D eigenvalue weighted by atomic mass is 16.5. The summed E-state index contributed by atoms with van der Waals surface area (Å²) in [5.41, 5.74) is 4.41. The van der Waals surface area contributed by atoms with Gasteiger partial charge >= 0.3 is 11.8 Å². The van der Waals surface area contributed by atoms with Crippen molar-refractivity contribution in [2.75, 3.05) is 38.2 Å². The summed E-state index contributed by atoms with van der Waals surface area (Å²) in [7, 11) is 0. The summed E-state index contributed by atoms with van der Waals surface area (Å²) in [5, 5.41) is 6.37. The van der Waals surface area contributed by atoms with Gasteiger partial charge in [0, 0.05) is 30.7 Å². The van der Waals surface area contributed by atoms with Gasteiger partial charge in [-0.3, -0.25) is 19.5 Å². The van der Waals surface area contributed by atoms with Gasteiger partial charge in [0.05, 0.1) is 30.5 Å². The van der Waals surface area contributed by atoms with E-state index in [1.165, 1.54) is 5.56 Å². The highest BCUT2D eigenvalue weighted by molar-refractivity contribution is 6.40. The van der Waals surface area contributed by atoms with Crippen LogP contribution in [0.4, 0.5) is 5.69 Å². The van der Waals surface area contributed by atoms with Gasteiger partial charge < -0.3 is 15.4 Å². The third-order valence-corrected chi connectivity index (χ3v) is 5.70. The van der Waals surface area contributed by atoms with Crippen molar-refractivity contribution in [3.63, 3.8) is 0 Å². The lowest BCUT2D eigenvalue weighted by atomic mass is 10.0. The number of rotatable bonds is 5. The van der Waals surface area contributed by atoms with Crippen molar-refractivity contribution in [2.24, 2.45) is 0 Å². The van der Waals surface area contributed by atoms with Crippen LogP contribution in [0.5, 0.6) is 0 Å². The van der Waals surface area contributed by atoms with Crippen molar-refractivity contribution >= 4 is 28.4 Å². The van der Waals surface area contributed by atoms with Crippen LogP contribution in [0.25, 0.3) is 10.9 Å². The molecule has 1 aliphatic rings. The van der Waals surface area contributed by atoms with Crippen LogP contribution in [0.15, 0.2) is 54.6 Å². The van der Waals surface area contributed by atoms with Gasteiger partial charge in [-0.15, -0.1) is 0 Å². The molecule has 1 saturated heterocycles. The quantitative estimate of drug-likeness (QED) is 0.606. The number of nitrogens with zero attached hydrogens (tertiary/aromatic N) is 2. The highest BCUT2D eigenvalue weighted by Gasteiger charge is 2.24. The predicted molar refractivity (Wildman–Crippen MR) is 124 cm³/mol. The fraction of sp³-hybridized carbons (Fsp3) is 0.320.